The Morgan fingerprint density at radius 1 is 1.18 bits per heavy atom. The summed E-state index contributed by atoms with van der Waals surface area (Å²) in [6.07, 6.45) is 12.3. The SMILES string of the molecule is CC(NCCCCCCO)C1CC2C=CC1C2. The van der Waals surface area contributed by atoms with Gasteiger partial charge in [0, 0.05) is 12.6 Å². The highest BCUT2D eigenvalue weighted by Crippen LogP contribution is 2.44. The third-order valence-corrected chi connectivity index (χ3v) is 4.52. The first-order valence-corrected chi connectivity index (χ1v) is 7.34. The van der Waals surface area contributed by atoms with E-state index in [1.165, 1.54) is 32.1 Å². The molecule has 0 aliphatic heterocycles. The molecule has 4 atom stereocenters. The Hall–Kier alpha value is -0.340. The topological polar surface area (TPSA) is 32.3 Å². The summed E-state index contributed by atoms with van der Waals surface area (Å²) in [6, 6.07) is 0.674. The van der Waals surface area contributed by atoms with Gasteiger partial charge in [0.25, 0.3) is 0 Å². The van der Waals surface area contributed by atoms with Crippen LogP contribution in [-0.2, 0) is 0 Å². The van der Waals surface area contributed by atoms with E-state index in [4.69, 9.17) is 5.11 Å². The molecule has 2 N–H and O–H groups in total. The maximum absolute atomic E-state index is 8.69. The first kappa shape index (κ1) is 13.1. The van der Waals surface area contributed by atoms with Gasteiger partial charge < -0.3 is 10.4 Å². The van der Waals surface area contributed by atoms with Crippen molar-refractivity contribution < 1.29 is 5.11 Å². The van der Waals surface area contributed by atoms with Crippen molar-refractivity contribution in [2.24, 2.45) is 17.8 Å². The molecule has 0 aromatic carbocycles. The van der Waals surface area contributed by atoms with Gasteiger partial charge in [-0.15, -0.1) is 0 Å². The zero-order valence-electron chi connectivity index (χ0n) is 11.1. The third kappa shape index (κ3) is 3.56. The molecule has 0 aromatic rings. The molecule has 1 fully saturated rings. The average Bonchev–Trinajstić information content (AvgIpc) is 2.95. The van der Waals surface area contributed by atoms with Crippen molar-refractivity contribution in [1.82, 2.24) is 5.32 Å². The molecule has 2 aliphatic rings. The van der Waals surface area contributed by atoms with Crippen LogP contribution in [0.25, 0.3) is 0 Å². The van der Waals surface area contributed by atoms with Crippen LogP contribution in [0.1, 0.15) is 45.4 Å². The minimum atomic E-state index is 0.349. The lowest BCUT2D eigenvalue weighted by atomic mass is 9.87. The van der Waals surface area contributed by atoms with Crippen LogP contribution in [0.2, 0.25) is 0 Å². The number of rotatable bonds is 8. The van der Waals surface area contributed by atoms with E-state index in [2.05, 4.69) is 24.4 Å². The Kier molecular flexibility index (Phi) is 5.05. The second-order valence-corrected chi connectivity index (χ2v) is 5.82. The largest absolute Gasteiger partial charge is 0.396 e. The van der Waals surface area contributed by atoms with E-state index < -0.39 is 0 Å². The maximum Gasteiger partial charge on any atom is 0.0431 e. The zero-order chi connectivity index (χ0) is 12.1. The van der Waals surface area contributed by atoms with E-state index in [9.17, 15) is 0 Å². The van der Waals surface area contributed by atoms with Crippen LogP contribution in [0.3, 0.4) is 0 Å². The predicted octanol–water partition coefficient (Wildman–Crippen LogP) is 2.73. The summed E-state index contributed by atoms with van der Waals surface area (Å²) in [6.45, 7) is 3.85. The van der Waals surface area contributed by atoms with Crippen LogP contribution < -0.4 is 5.32 Å². The molecule has 2 nitrogen and oxygen atoms in total. The van der Waals surface area contributed by atoms with Crippen molar-refractivity contribution in [3.63, 3.8) is 0 Å². The van der Waals surface area contributed by atoms with Gasteiger partial charge in [-0.25, -0.2) is 0 Å². The van der Waals surface area contributed by atoms with Gasteiger partial charge in [0.15, 0.2) is 0 Å². The number of allylic oxidation sites excluding steroid dienone is 2. The fourth-order valence-electron chi connectivity index (χ4n) is 3.47. The van der Waals surface area contributed by atoms with Crippen molar-refractivity contribution in [2.75, 3.05) is 13.2 Å². The van der Waals surface area contributed by atoms with E-state index in [0.29, 0.717) is 12.6 Å². The molecule has 17 heavy (non-hydrogen) atoms. The van der Waals surface area contributed by atoms with Gasteiger partial charge in [0.05, 0.1) is 0 Å². The van der Waals surface area contributed by atoms with Crippen LogP contribution >= 0.6 is 0 Å². The number of fused-ring (bicyclic) bond motifs is 2. The van der Waals surface area contributed by atoms with Crippen molar-refractivity contribution in [3.05, 3.63) is 12.2 Å². The molecule has 0 aromatic heterocycles. The highest BCUT2D eigenvalue weighted by atomic mass is 16.2. The summed E-state index contributed by atoms with van der Waals surface area (Å²) in [4.78, 5) is 0. The summed E-state index contributed by atoms with van der Waals surface area (Å²) in [5, 5.41) is 12.4. The van der Waals surface area contributed by atoms with Crippen LogP contribution in [-0.4, -0.2) is 24.3 Å². The second kappa shape index (κ2) is 6.55. The molecule has 0 amide bonds. The molecule has 98 valence electrons. The lowest BCUT2D eigenvalue weighted by Gasteiger charge is -2.26. The lowest BCUT2D eigenvalue weighted by molar-refractivity contribution is 0.281. The van der Waals surface area contributed by atoms with Gasteiger partial charge in [-0.2, -0.15) is 0 Å². The molecule has 0 radical (unpaired) electrons. The highest BCUT2D eigenvalue weighted by molar-refractivity contribution is 5.11. The zero-order valence-corrected chi connectivity index (χ0v) is 11.1. The maximum atomic E-state index is 8.69. The van der Waals surface area contributed by atoms with Gasteiger partial charge in [0.2, 0.25) is 0 Å². The van der Waals surface area contributed by atoms with E-state index in [-0.39, 0.29) is 0 Å². The molecular formula is C15H27NO. The molecule has 2 aliphatic carbocycles. The van der Waals surface area contributed by atoms with Crippen molar-refractivity contribution in [2.45, 2.75) is 51.5 Å². The normalized spacial score (nSPS) is 32.2. The lowest BCUT2D eigenvalue weighted by Crippen LogP contribution is -2.36. The van der Waals surface area contributed by atoms with Crippen molar-refractivity contribution >= 4 is 0 Å². The van der Waals surface area contributed by atoms with Gasteiger partial charge >= 0.3 is 0 Å². The Morgan fingerprint density at radius 2 is 2.00 bits per heavy atom. The summed E-state index contributed by atoms with van der Waals surface area (Å²) >= 11 is 0. The Labute approximate surface area is 105 Å². The standard InChI is InChI=1S/C15H27NO/c1-12(16-8-4-2-3-5-9-17)15-11-13-6-7-14(15)10-13/h6-7,12-17H,2-5,8-11H2,1H3. The van der Waals surface area contributed by atoms with Gasteiger partial charge in [-0.3, -0.25) is 0 Å². The van der Waals surface area contributed by atoms with Crippen LogP contribution in [0.4, 0.5) is 0 Å². The number of aliphatic hydroxyl groups excluding tert-OH is 1. The number of hydrogen-bond donors (Lipinski definition) is 2. The Balaban J connectivity index is 1.55. The van der Waals surface area contributed by atoms with E-state index in [1.54, 1.807) is 0 Å². The minimum Gasteiger partial charge on any atom is -0.396 e. The summed E-state index contributed by atoms with van der Waals surface area (Å²) in [5.41, 5.74) is 0. The van der Waals surface area contributed by atoms with Crippen molar-refractivity contribution in [1.29, 1.82) is 0 Å². The molecule has 4 unspecified atom stereocenters. The van der Waals surface area contributed by atoms with E-state index >= 15 is 0 Å². The molecule has 2 bridgehead atoms. The number of aliphatic hydroxyl groups is 1. The van der Waals surface area contributed by atoms with Gasteiger partial charge in [0.1, 0.15) is 0 Å². The summed E-state index contributed by atoms with van der Waals surface area (Å²) in [7, 11) is 0. The van der Waals surface area contributed by atoms with Gasteiger partial charge in [-0.1, -0.05) is 25.0 Å². The summed E-state index contributed by atoms with van der Waals surface area (Å²) in [5.74, 6) is 2.62. The molecule has 1 saturated carbocycles. The van der Waals surface area contributed by atoms with E-state index in [1.807, 2.05) is 0 Å². The van der Waals surface area contributed by atoms with Crippen LogP contribution in [0.5, 0.6) is 0 Å². The molecule has 2 heteroatoms. The predicted molar refractivity (Wildman–Crippen MR) is 71.9 cm³/mol. The van der Waals surface area contributed by atoms with Gasteiger partial charge in [-0.05, 0) is 56.9 Å². The number of hydrogen-bond acceptors (Lipinski definition) is 2. The Bertz CT molecular complexity index is 251. The Morgan fingerprint density at radius 3 is 2.65 bits per heavy atom. The molecule has 0 saturated heterocycles. The molecule has 0 heterocycles. The monoisotopic (exact) mass is 237 g/mol. The highest BCUT2D eigenvalue weighted by Gasteiger charge is 2.38. The quantitative estimate of drug-likeness (QED) is 0.502. The minimum absolute atomic E-state index is 0.349. The fraction of sp³-hybridized carbons (Fsp3) is 0.867. The average molecular weight is 237 g/mol. The fourth-order valence-corrected chi connectivity index (χ4v) is 3.47. The third-order valence-electron chi connectivity index (χ3n) is 4.52. The summed E-state index contributed by atoms with van der Waals surface area (Å²) < 4.78 is 0. The van der Waals surface area contributed by atoms with Crippen LogP contribution in [0.15, 0.2) is 12.2 Å². The first-order chi connectivity index (χ1) is 8.31. The number of nitrogens with one attached hydrogen (secondary N) is 1. The van der Waals surface area contributed by atoms with E-state index in [0.717, 1.165) is 30.7 Å². The molecule has 0 spiro atoms. The van der Waals surface area contributed by atoms with Crippen molar-refractivity contribution in [3.8, 4) is 0 Å². The number of unbranched alkanes of at least 4 members (excludes halogenated alkanes) is 3. The molecule has 2 rings (SSSR count). The van der Waals surface area contributed by atoms with Crippen LogP contribution in [0, 0.1) is 17.8 Å². The smallest absolute Gasteiger partial charge is 0.0431 e. The first-order valence-electron chi connectivity index (χ1n) is 7.34. The molecular weight excluding hydrogens is 210 g/mol. The second-order valence-electron chi connectivity index (χ2n) is 5.82.